The van der Waals surface area contributed by atoms with Gasteiger partial charge in [-0.15, -0.1) is 0 Å². The van der Waals surface area contributed by atoms with Crippen LogP contribution >= 0.6 is 0 Å². The normalized spacial score (nSPS) is 10.6. The molecule has 1 aromatic heterocycles. The van der Waals surface area contributed by atoms with Crippen molar-refractivity contribution in [3.63, 3.8) is 0 Å². The topological polar surface area (TPSA) is 39.1 Å². The highest BCUT2D eigenvalue weighted by Crippen LogP contribution is 2.11. The maximum Gasteiger partial charge on any atom is 0.122 e. The highest BCUT2D eigenvalue weighted by Gasteiger charge is 2.00. The van der Waals surface area contributed by atoms with Crippen LogP contribution in [0.4, 0.5) is 0 Å². The van der Waals surface area contributed by atoms with E-state index in [2.05, 4.69) is 33.9 Å². The smallest absolute Gasteiger partial charge is 0.122 e. The zero-order chi connectivity index (χ0) is 13.5. The molecule has 4 nitrogen and oxygen atoms in total. The van der Waals surface area contributed by atoms with Crippen LogP contribution in [0.2, 0.25) is 0 Å². The molecule has 0 fully saturated rings. The number of nitrogens with one attached hydrogen (secondary N) is 1. The average molecular weight is 259 g/mol. The molecule has 0 unspecified atom stereocenters. The van der Waals surface area contributed by atoms with Gasteiger partial charge in [0.15, 0.2) is 0 Å². The number of rotatable bonds is 7. The van der Waals surface area contributed by atoms with E-state index in [1.165, 1.54) is 5.56 Å². The van der Waals surface area contributed by atoms with Crippen molar-refractivity contribution >= 4 is 0 Å². The molecule has 102 valence electrons. The van der Waals surface area contributed by atoms with Crippen molar-refractivity contribution in [2.45, 2.75) is 26.4 Å². The first-order valence-electron chi connectivity index (χ1n) is 6.67. The van der Waals surface area contributed by atoms with Crippen molar-refractivity contribution in [1.29, 1.82) is 0 Å². The molecule has 1 N–H and O–H groups in total. The standard InChI is InChI=1S/C15H21N3O/c1-3-18-11-10-17-15(18)12-16-9-8-13-4-6-14(19-2)7-5-13/h4-7,10-11,16H,3,8-9,12H2,1-2H3. The Morgan fingerprint density at radius 3 is 2.74 bits per heavy atom. The van der Waals surface area contributed by atoms with Crippen LogP contribution in [0.3, 0.4) is 0 Å². The molecule has 0 spiro atoms. The Morgan fingerprint density at radius 2 is 2.05 bits per heavy atom. The number of hydrogen-bond donors (Lipinski definition) is 1. The molecule has 1 aromatic carbocycles. The maximum absolute atomic E-state index is 5.14. The molecule has 2 aromatic rings. The summed E-state index contributed by atoms with van der Waals surface area (Å²) >= 11 is 0. The van der Waals surface area contributed by atoms with E-state index in [0.29, 0.717) is 0 Å². The van der Waals surface area contributed by atoms with Gasteiger partial charge in [-0.3, -0.25) is 0 Å². The van der Waals surface area contributed by atoms with Crippen molar-refractivity contribution in [1.82, 2.24) is 14.9 Å². The lowest BCUT2D eigenvalue weighted by Gasteiger charge is -2.07. The summed E-state index contributed by atoms with van der Waals surface area (Å²) < 4.78 is 7.30. The van der Waals surface area contributed by atoms with Gasteiger partial charge in [0.25, 0.3) is 0 Å². The fraction of sp³-hybridized carbons (Fsp3) is 0.400. The van der Waals surface area contributed by atoms with Gasteiger partial charge in [-0.05, 0) is 37.6 Å². The zero-order valence-corrected chi connectivity index (χ0v) is 11.6. The van der Waals surface area contributed by atoms with Gasteiger partial charge in [0, 0.05) is 18.9 Å². The largest absolute Gasteiger partial charge is 0.497 e. The third kappa shape index (κ3) is 3.83. The van der Waals surface area contributed by atoms with Crippen molar-refractivity contribution in [2.75, 3.05) is 13.7 Å². The summed E-state index contributed by atoms with van der Waals surface area (Å²) in [7, 11) is 1.69. The predicted octanol–water partition coefficient (Wildman–Crippen LogP) is 2.24. The van der Waals surface area contributed by atoms with Crippen LogP contribution in [0.5, 0.6) is 5.75 Å². The lowest BCUT2D eigenvalue weighted by atomic mass is 10.1. The molecular weight excluding hydrogens is 238 g/mol. The van der Waals surface area contributed by atoms with E-state index in [-0.39, 0.29) is 0 Å². The molecule has 4 heteroatoms. The van der Waals surface area contributed by atoms with Crippen molar-refractivity contribution < 1.29 is 4.74 Å². The highest BCUT2D eigenvalue weighted by molar-refractivity contribution is 5.27. The Morgan fingerprint density at radius 1 is 1.26 bits per heavy atom. The Balaban J connectivity index is 1.74. The van der Waals surface area contributed by atoms with E-state index < -0.39 is 0 Å². The molecule has 19 heavy (non-hydrogen) atoms. The van der Waals surface area contributed by atoms with Crippen LogP contribution in [-0.4, -0.2) is 23.2 Å². The lowest BCUT2D eigenvalue weighted by molar-refractivity contribution is 0.414. The summed E-state index contributed by atoms with van der Waals surface area (Å²) in [5.41, 5.74) is 1.31. The SMILES string of the molecule is CCn1ccnc1CNCCc1ccc(OC)cc1. The van der Waals surface area contributed by atoms with Crippen molar-refractivity contribution in [2.24, 2.45) is 0 Å². The van der Waals surface area contributed by atoms with Crippen molar-refractivity contribution in [3.8, 4) is 5.75 Å². The molecule has 0 saturated heterocycles. The summed E-state index contributed by atoms with van der Waals surface area (Å²) in [6, 6.07) is 8.21. The second kappa shape index (κ2) is 6.95. The third-order valence-electron chi connectivity index (χ3n) is 3.18. The van der Waals surface area contributed by atoms with Gasteiger partial charge in [-0.1, -0.05) is 12.1 Å². The van der Waals surface area contributed by atoms with Crippen LogP contribution in [-0.2, 0) is 19.5 Å². The maximum atomic E-state index is 5.14. The number of imidazole rings is 1. The van der Waals surface area contributed by atoms with Crippen LogP contribution in [0.15, 0.2) is 36.7 Å². The van der Waals surface area contributed by atoms with Crippen LogP contribution in [0, 0.1) is 0 Å². The van der Waals surface area contributed by atoms with Gasteiger partial charge in [0.1, 0.15) is 11.6 Å². The number of benzene rings is 1. The van der Waals surface area contributed by atoms with E-state index in [4.69, 9.17) is 4.74 Å². The quantitative estimate of drug-likeness (QED) is 0.775. The number of ether oxygens (including phenoxy) is 1. The molecule has 0 aliphatic heterocycles. The monoisotopic (exact) mass is 259 g/mol. The van der Waals surface area contributed by atoms with Crippen molar-refractivity contribution in [3.05, 3.63) is 48.0 Å². The molecule has 2 rings (SSSR count). The Kier molecular flexibility index (Phi) is 4.98. The molecule has 0 atom stereocenters. The summed E-state index contributed by atoms with van der Waals surface area (Å²) in [5.74, 6) is 2.00. The number of aryl methyl sites for hydroxylation is 1. The first-order chi connectivity index (χ1) is 9.33. The van der Waals surface area contributed by atoms with Crippen LogP contribution in [0.1, 0.15) is 18.3 Å². The van der Waals surface area contributed by atoms with Gasteiger partial charge >= 0.3 is 0 Å². The summed E-state index contributed by atoms with van der Waals surface area (Å²) in [6.45, 7) is 4.86. The molecular formula is C15H21N3O. The van der Waals surface area contributed by atoms with Gasteiger partial charge in [0.2, 0.25) is 0 Å². The van der Waals surface area contributed by atoms with E-state index in [0.717, 1.165) is 37.6 Å². The Labute approximate surface area is 114 Å². The molecule has 0 bridgehead atoms. The Hall–Kier alpha value is -1.81. The minimum Gasteiger partial charge on any atom is -0.497 e. The summed E-state index contributed by atoms with van der Waals surface area (Å²) in [6.07, 6.45) is 4.88. The van der Waals surface area contributed by atoms with Gasteiger partial charge < -0.3 is 14.6 Å². The summed E-state index contributed by atoms with van der Waals surface area (Å²) in [4.78, 5) is 4.34. The van der Waals surface area contributed by atoms with Gasteiger partial charge in [0.05, 0.1) is 13.7 Å². The summed E-state index contributed by atoms with van der Waals surface area (Å²) in [5, 5.41) is 3.43. The average Bonchev–Trinajstić information content (AvgIpc) is 2.91. The first kappa shape index (κ1) is 13.6. The minimum absolute atomic E-state index is 0.816. The van der Waals surface area contributed by atoms with Crippen LogP contribution < -0.4 is 10.1 Å². The number of hydrogen-bond acceptors (Lipinski definition) is 3. The first-order valence-corrected chi connectivity index (χ1v) is 6.67. The molecule has 0 aliphatic carbocycles. The third-order valence-corrected chi connectivity index (χ3v) is 3.18. The highest BCUT2D eigenvalue weighted by atomic mass is 16.5. The fourth-order valence-electron chi connectivity index (χ4n) is 2.02. The van der Waals surface area contributed by atoms with E-state index in [1.807, 2.05) is 24.5 Å². The number of aromatic nitrogens is 2. The molecule has 0 saturated carbocycles. The Bertz CT molecular complexity index is 490. The lowest BCUT2D eigenvalue weighted by Crippen LogP contribution is -2.19. The molecule has 0 aliphatic rings. The van der Waals surface area contributed by atoms with Gasteiger partial charge in [-0.25, -0.2) is 4.98 Å². The fourth-order valence-corrected chi connectivity index (χ4v) is 2.02. The van der Waals surface area contributed by atoms with E-state index >= 15 is 0 Å². The molecule has 0 radical (unpaired) electrons. The van der Waals surface area contributed by atoms with E-state index in [1.54, 1.807) is 7.11 Å². The second-order valence-corrected chi connectivity index (χ2v) is 4.40. The number of methoxy groups -OCH3 is 1. The number of nitrogens with zero attached hydrogens (tertiary/aromatic N) is 2. The van der Waals surface area contributed by atoms with Crippen LogP contribution in [0.25, 0.3) is 0 Å². The van der Waals surface area contributed by atoms with E-state index in [9.17, 15) is 0 Å². The van der Waals surface area contributed by atoms with Gasteiger partial charge in [-0.2, -0.15) is 0 Å². The zero-order valence-electron chi connectivity index (χ0n) is 11.6. The minimum atomic E-state index is 0.816. The molecule has 1 heterocycles. The predicted molar refractivity (Wildman–Crippen MR) is 76.3 cm³/mol. The second-order valence-electron chi connectivity index (χ2n) is 4.40. The molecule has 0 amide bonds.